The number of hydrogen-bond acceptors (Lipinski definition) is 1. The molecule has 1 unspecified atom stereocenters. The van der Waals surface area contributed by atoms with Gasteiger partial charge in [0.15, 0.2) is 0 Å². The Kier molecular flexibility index (Phi) is 3.39. The van der Waals surface area contributed by atoms with Gasteiger partial charge in [0.1, 0.15) is 0 Å². The fourth-order valence-corrected chi connectivity index (χ4v) is 3.12. The second-order valence-electron chi connectivity index (χ2n) is 5.62. The van der Waals surface area contributed by atoms with Crippen molar-refractivity contribution in [3.8, 4) is 0 Å². The molecule has 2 aromatic carbocycles. The molecule has 2 aromatic rings. The third kappa shape index (κ3) is 2.57. The van der Waals surface area contributed by atoms with Gasteiger partial charge in [-0.2, -0.15) is 0 Å². The van der Waals surface area contributed by atoms with Crippen molar-refractivity contribution in [2.75, 3.05) is 0 Å². The summed E-state index contributed by atoms with van der Waals surface area (Å²) in [5.41, 5.74) is 13.4. The van der Waals surface area contributed by atoms with Crippen LogP contribution in [0.15, 0.2) is 42.5 Å². The Morgan fingerprint density at radius 1 is 1.05 bits per heavy atom. The fourth-order valence-electron chi connectivity index (χ4n) is 3.12. The van der Waals surface area contributed by atoms with Gasteiger partial charge < -0.3 is 5.73 Å². The van der Waals surface area contributed by atoms with Crippen molar-refractivity contribution in [3.63, 3.8) is 0 Å². The first-order valence-corrected chi connectivity index (χ1v) is 7.16. The minimum Gasteiger partial charge on any atom is -0.324 e. The van der Waals surface area contributed by atoms with Crippen LogP contribution in [-0.4, -0.2) is 0 Å². The standard InChI is InChI=1S/C18H21N/c1-13-5-2-3-8-17(13)18(19)12-14-9-10-15-6-4-7-16(15)11-14/h2-3,5,8-11,18H,4,6-7,12,19H2,1H3. The number of benzene rings is 2. The molecular formula is C18H21N. The molecule has 0 fully saturated rings. The molecule has 2 N–H and O–H groups in total. The Balaban J connectivity index is 1.80. The van der Waals surface area contributed by atoms with Crippen LogP contribution in [0.25, 0.3) is 0 Å². The lowest BCUT2D eigenvalue weighted by Crippen LogP contribution is -2.14. The minimum absolute atomic E-state index is 0.0978. The quantitative estimate of drug-likeness (QED) is 0.884. The maximum atomic E-state index is 6.37. The van der Waals surface area contributed by atoms with E-state index in [1.165, 1.54) is 47.1 Å². The van der Waals surface area contributed by atoms with Gasteiger partial charge in [0, 0.05) is 6.04 Å². The third-order valence-electron chi connectivity index (χ3n) is 4.21. The minimum atomic E-state index is 0.0978. The first kappa shape index (κ1) is 12.4. The predicted octanol–water partition coefficient (Wildman–Crippen LogP) is 3.73. The zero-order valence-electron chi connectivity index (χ0n) is 11.5. The molecule has 0 heterocycles. The predicted molar refractivity (Wildman–Crippen MR) is 80.3 cm³/mol. The van der Waals surface area contributed by atoms with Crippen molar-refractivity contribution >= 4 is 0 Å². The molecule has 0 aliphatic heterocycles. The summed E-state index contributed by atoms with van der Waals surface area (Å²) in [6.07, 6.45) is 4.73. The van der Waals surface area contributed by atoms with Crippen molar-refractivity contribution in [1.29, 1.82) is 0 Å². The molecule has 1 aliphatic carbocycles. The van der Waals surface area contributed by atoms with E-state index in [9.17, 15) is 0 Å². The van der Waals surface area contributed by atoms with Gasteiger partial charge in [0.25, 0.3) is 0 Å². The molecule has 0 saturated carbocycles. The second kappa shape index (κ2) is 5.18. The Bertz CT molecular complexity index is 586. The van der Waals surface area contributed by atoms with E-state index in [4.69, 9.17) is 5.73 Å². The van der Waals surface area contributed by atoms with Crippen LogP contribution in [0.4, 0.5) is 0 Å². The zero-order chi connectivity index (χ0) is 13.2. The smallest absolute Gasteiger partial charge is 0.0338 e. The molecule has 0 aromatic heterocycles. The van der Waals surface area contributed by atoms with Gasteiger partial charge in [-0.05, 0) is 60.4 Å². The summed E-state index contributed by atoms with van der Waals surface area (Å²) in [5.74, 6) is 0. The number of nitrogens with two attached hydrogens (primary N) is 1. The van der Waals surface area contributed by atoms with Crippen LogP contribution in [0, 0.1) is 6.92 Å². The topological polar surface area (TPSA) is 26.0 Å². The van der Waals surface area contributed by atoms with E-state index in [0.717, 1.165) is 6.42 Å². The maximum Gasteiger partial charge on any atom is 0.0338 e. The summed E-state index contributed by atoms with van der Waals surface area (Å²) in [6, 6.07) is 15.4. The van der Waals surface area contributed by atoms with Crippen molar-refractivity contribution in [3.05, 3.63) is 70.3 Å². The average molecular weight is 251 g/mol. The van der Waals surface area contributed by atoms with Crippen LogP contribution in [0.2, 0.25) is 0 Å². The molecule has 1 heteroatoms. The highest BCUT2D eigenvalue weighted by atomic mass is 14.6. The molecule has 1 nitrogen and oxygen atoms in total. The van der Waals surface area contributed by atoms with E-state index < -0.39 is 0 Å². The molecule has 0 radical (unpaired) electrons. The highest BCUT2D eigenvalue weighted by molar-refractivity contribution is 5.37. The highest BCUT2D eigenvalue weighted by Crippen LogP contribution is 2.25. The van der Waals surface area contributed by atoms with Crippen LogP contribution in [0.3, 0.4) is 0 Å². The van der Waals surface area contributed by atoms with Crippen molar-refractivity contribution < 1.29 is 0 Å². The van der Waals surface area contributed by atoms with Gasteiger partial charge >= 0.3 is 0 Å². The Labute approximate surface area is 115 Å². The van der Waals surface area contributed by atoms with Crippen molar-refractivity contribution in [2.24, 2.45) is 5.73 Å². The molecule has 98 valence electrons. The van der Waals surface area contributed by atoms with Crippen LogP contribution < -0.4 is 5.73 Å². The number of hydrogen-bond donors (Lipinski definition) is 1. The van der Waals surface area contributed by atoms with E-state index in [-0.39, 0.29) is 6.04 Å². The van der Waals surface area contributed by atoms with Gasteiger partial charge in [-0.1, -0.05) is 42.5 Å². The Morgan fingerprint density at radius 3 is 2.68 bits per heavy atom. The lowest BCUT2D eigenvalue weighted by molar-refractivity contribution is 0.716. The van der Waals surface area contributed by atoms with Gasteiger partial charge in [-0.3, -0.25) is 0 Å². The van der Waals surface area contributed by atoms with Gasteiger partial charge in [0.05, 0.1) is 0 Å². The molecule has 1 aliphatic rings. The van der Waals surface area contributed by atoms with E-state index in [1.807, 2.05) is 0 Å². The summed E-state index contributed by atoms with van der Waals surface area (Å²) < 4.78 is 0. The Hall–Kier alpha value is -1.60. The molecule has 0 bridgehead atoms. The summed E-state index contributed by atoms with van der Waals surface area (Å²) in [4.78, 5) is 0. The number of rotatable bonds is 3. The molecule has 19 heavy (non-hydrogen) atoms. The number of fused-ring (bicyclic) bond motifs is 1. The fraction of sp³-hybridized carbons (Fsp3) is 0.333. The van der Waals surface area contributed by atoms with Crippen LogP contribution in [0.5, 0.6) is 0 Å². The summed E-state index contributed by atoms with van der Waals surface area (Å²) >= 11 is 0. The average Bonchev–Trinajstić information content (AvgIpc) is 2.86. The lowest BCUT2D eigenvalue weighted by atomic mass is 9.95. The van der Waals surface area contributed by atoms with E-state index >= 15 is 0 Å². The molecular weight excluding hydrogens is 230 g/mol. The summed E-state index contributed by atoms with van der Waals surface area (Å²) in [6.45, 7) is 2.14. The Morgan fingerprint density at radius 2 is 1.84 bits per heavy atom. The molecule has 1 atom stereocenters. The van der Waals surface area contributed by atoms with Gasteiger partial charge in [-0.25, -0.2) is 0 Å². The van der Waals surface area contributed by atoms with E-state index in [0.29, 0.717) is 0 Å². The summed E-state index contributed by atoms with van der Waals surface area (Å²) in [7, 11) is 0. The SMILES string of the molecule is Cc1ccccc1C(N)Cc1ccc2c(c1)CCC2. The molecule has 3 rings (SSSR count). The molecule has 0 saturated heterocycles. The van der Waals surface area contributed by atoms with Gasteiger partial charge in [-0.15, -0.1) is 0 Å². The van der Waals surface area contributed by atoms with E-state index in [1.54, 1.807) is 0 Å². The normalized spacial score (nSPS) is 15.3. The van der Waals surface area contributed by atoms with Crippen molar-refractivity contribution in [2.45, 2.75) is 38.6 Å². The highest BCUT2D eigenvalue weighted by Gasteiger charge is 2.13. The zero-order valence-corrected chi connectivity index (χ0v) is 11.5. The lowest BCUT2D eigenvalue weighted by Gasteiger charge is -2.15. The monoisotopic (exact) mass is 251 g/mol. The first-order chi connectivity index (χ1) is 9.24. The molecule has 0 spiro atoms. The first-order valence-electron chi connectivity index (χ1n) is 7.16. The van der Waals surface area contributed by atoms with E-state index in [2.05, 4.69) is 49.4 Å². The second-order valence-corrected chi connectivity index (χ2v) is 5.62. The van der Waals surface area contributed by atoms with Gasteiger partial charge in [0.2, 0.25) is 0 Å². The van der Waals surface area contributed by atoms with Crippen LogP contribution in [0.1, 0.15) is 40.3 Å². The largest absolute Gasteiger partial charge is 0.324 e. The van der Waals surface area contributed by atoms with Crippen LogP contribution in [-0.2, 0) is 19.3 Å². The number of aryl methyl sites for hydroxylation is 3. The van der Waals surface area contributed by atoms with Crippen LogP contribution >= 0.6 is 0 Å². The molecule has 0 amide bonds. The maximum absolute atomic E-state index is 6.37. The van der Waals surface area contributed by atoms with Crippen molar-refractivity contribution in [1.82, 2.24) is 0 Å². The summed E-state index contributed by atoms with van der Waals surface area (Å²) in [5, 5.41) is 0. The third-order valence-corrected chi connectivity index (χ3v) is 4.21.